The Bertz CT molecular complexity index is 646. The van der Waals surface area contributed by atoms with Crippen LogP contribution in [0.2, 0.25) is 0 Å². The van der Waals surface area contributed by atoms with Gasteiger partial charge in [-0.25, -0.2) is 4.79 Å². The Morgan fingerprint density at radius 1 is 1.10 bits per heavy atom. The maximum Gasteiger partial charge on any atom is 0.379 e. The largest absolute Gasteiger partial charge is 0.460 e. The highest BCUT2D eigenvalue weighted by Crippen LogP contribution is 2.24. The van der Waals surface area contributed by atoms with E-state index < -0.39 is 11.8 Å². The van der Waals surface area contributed by atoms with Gasteiger partial charge in [0.1, 0.15) is 0 Å². The second-order valence-electron chi connectivity index (χ2n) is 4.30. The minimum atomic E-state index is -0.832. The maximum atomic E-state index is 12.3. The number of ether oxygens (including phenoxy) is 2. The Morgan fingerprint density at radius 2 is 1.85 bits per heavy atom. The van der Waals surface area contributed by atoms with Gasteiger partial charge in [-0.05, 0) is 23.3 Å². The molecule has 0 aromatic heterocycles. The van der Waals surface area contributed by atoms with Gasteiger partial charge in [-0.2, -0.15) is 0 Å². The van der Waals surface area contributed by atoms with Gasteiger partial charge in [0.05, 0.1) is 13.2 Å². The van der Waals surface area contributed by atoms with E-state index >= 15 is 0 Å². The van der Waals surface area contributed by atoms with Crippen LogP contribution in [0.5, 0.6) is 0 Å². The summed E-state index contributed by atoms with van der Waals surface area (Å²) in [5.74, 6) is -1.46. The predicted molar refractivity (Wildman–Crippen MR) is 75.6 cm³/mol. The molecule has 0 heterocycles. The van der Waals surface area contributed by atoms with Gasteiger partial charge in [0, 0.05) is 12.7 Å². The smallest absolute Gasteiger partial charge is 0.379 e. The number of fused-ring (bicyclic) bond motifs is 1. The van der Waals surface area contributed by atoms with Crippen molar-refractivity contribution < 1.29 is 19.1 Å². The van der Waals surface area contributed by atoms with Gasteiger partial charge >= 0.3 is 5.97 Å². The van der Waals surface area contributed by atoms with Crippen molar-refractivity contribution in [3.05, 3.63) is 47.5 Å². The summed E-state index contributed by atoms with van der Waals surface area (Å²) in [6.07, 6.45) is 0. The monoisotopic (exact) mass is 272 g/mol. The highest BCUT2D eigenvalue weighted by molar-refractivity contribution is 6.43. The molecule has 2 aromatic carbocycles. The van der Waals surface area contributed by atoms with E-state index in [2.05, 4.69) is 0 Å². The van der Waals surface area contributed by atoms with Crippen LogP contribution < -0.4 is 0 Å². The SMILES string of the molecule is CCOC(=O)C(=O)c1c(COC)ccc2ccccc12. The number of carbonyl (C=O) groups excluding carboxylic acids is 2. The van der Waals surface area contributed by atoms with Gasteiger partial charge in [0.25, 0.3) is 5.78 Å². The molecule has 0 aliphatic rings. The Hall–Kier alpha value is -2.20. The molecule has 0 saturated heterocycles. The number of hydrogen-bond donors (Lipinski definition) is 0. The number of esters is 1. The van der Waals surface area contributed by atoms with Crippen LogP contribution in [-0.4, -0.2) is 25.5 Å². The summed E-state index contributed by atoms with van der Waals surface area (Å²) in [6, 6.07) is 11.1. The van der Waals surface area contributed by atoms with Crippen LogP contribution in [0.15, 0.2) is 36.4 Å². The van der Waals surface area contributed by atoms with Crippen molar-refractivity contribution in [2.75, 3.05) is 13.7 Å². The zero-order valence-corrected chi connectivity index (χ0v) is 11.5. The van der Waals surface area contributed by atoms with Gasteiger partial charge < -0.3 is 9.47 Å². The first-order valence-electron chi connectivity index (χ1n) is 6.40. The molecule has 0 saturated carbocycles. The van der Waals surface area contributed by atoms with E-state index in [1.165, 1.54) is 0 Å². The molecule has 104 valence electrons. The summed E-state index contributed by atoms with van der Waals surface area (Å²) in [6.45, 7) is 2.12. The van der Waals surface area contributed by atoms with Crippen LogP contribution in [0, 0.1) is 0 Å². The van der Waals surface area contributed by atoms with Crippen LogP contribution in [0.3, 0.4) is 0 Å². The van der Waals surface area contributed by atoms with Crippen LogP contribution in [-0.2, 0) is 20.9 Å². The minimum Gasteiger partial charge on any atom is -0.460 e. The van der Waals surface area contributed by atoms with Crippen molar-refractivity contribution in [2.24, 2.45) is 0 Å². The fourth-order valence-corrected chi connectivity index (χ4v) is 2.16. The van der Waals surface area contributed by atoms with Crippen molar-refractivity contribution in [2.45, 2.75) is 13.5 Å². The minimum absolute atomic E-state index is 0.176. The second kappa shape index (κ2) is 6.30. The third-order valence-electron chi connectivity index (χ3n) is 3.00. The van der Waals surface area contributed by atoms with Gasteiger partial charge in [-0.15, -0.1) is 0 Å². The summed E-state index contributed by atoms with van der Waals surface area (Å²) >= 11 is 0. The fourth-order valence-electron chi connectivity index (χ4n) is 2.16. The molecule has 0 radical (unpaired) electrons. The van der Waals surface area contributed by atoms with Crippen molar-refractivity contribution >= 4 is 22.5 Å². The lowest BCUT2D eigenvalue weighted by Crippen LogP contribution is -2.19. The number of methoxy groups -OCH3 is 1. The fraction of sp³-hybridized carbons (Fsp3) is 0.250. The topological polar surface area (TPSA) is 52.6 Å². The van der Waals surface area contributed by atoms with Crippen molar-refractivity contribution in [1.82, 2.24) is 0 Å². The van der Waals surface area contributed by atoms with E-state index in [4.69, 9.17) is 9.47 Å². The van der Waals surface area contributed by atoms with Crippen LogP contribution in [0.25, 0.3) is 10.8 Å². The second-order valence-corrected chi connectivity index (χ2v) is 4.30. The molecule has 0 spiro atoms. The molecule has 0 N–H and O–H groups in total. The summed E-state index contributed by atoms with van der Waals surface area (Å²) in [5.41, 5.74) is 1.05. The number of hydrogen-bond acceptors (Lipinski definition) is 4. The van der Waals surface area contributed by atoms with E-state index in [0.717, 1.165) is 10.8 Å². The predicted octanol–water partition coefficient (Wildman–Crippen LogP) is 2.73. The average Bonchev–Trinajstić information content (AvgIpc) is 2.47. The number of benzene rings is 2. The Morgan fingerprint density at radius 3 is 2.55 bits per heavy atom. The lowest BCUT2D eigenvalue weighted by Gasteiger charge is -2.11. The first kappa shape index (κ1) is 14.2. The number of rotatable bonds is 5. The van der Waals surface area contributed by atoms with E-state index in [1.807, 2.05) is 30.3 Å². The third-order valence-corrected chi connectivity index (χ3v) is 3.00. The van der Waals surface area contributed by atoms with Crippen molar-refractivity contribution in [1.29, 1.82) is 0 Å². The molecule has 0 amide bonds. The highest BCUT2D eigenvalue weighted by Gasteiger charge is 2.23. The van der Waals surface area contributed by atoms with Crippen LogP contribution >= 0.6 is 0 Å². The average molecular weight is 272 g/mol. The summed E-state index contributed by atoms with van der Waals surface area (Å²) in [5, 5.41) is 1.64. The molecule has 4 nitrogen and oxygen atoms in total. The Balaban J connectivity index is 2.60. The molecule has 0 unspecified atom stereocenters. The lowest BCUT2D eigenvalue weighted by atomic mass is 9.96. The summed E-state index contributed by atoms with van der Waals surface area (Å²) in [7, 11) is 1.55. The first-order chi connectivity index (χ1) is 9.69. The zero-order valence-electron chi connectivity index (χ0n) is 11.5. The highest BCUT2D eigenvalue weighted by atomic mass is 16.5. The number of ketones is 1. The van der Waals surface area contributed by atoms with Crippen LogP contribution in [0.4, 0.5) is 0 Å². The van der Waals surface area contributed by atoms with Gasteiger partial charge in [-0.3, -0.25) is 4.79 Å². The standard InChI is InChI=1S/C16H16O4/c1-3-20-16(18)15(17)14-12(10-19-2)9-8-11-6-4-5-7-13(11)14/h4-9H,3,10H2,1-2H3. The quantitative estimate of drug-likeness (QED) is 0.477. The van der Waals surface area contributed by atoms with E-state index in [0.29, 0.717) is 11.1 Å². The molecule has 2 rings (SSSR count). The molecular formula is C16H16O4. The number of carbonyl (C=O) groups is 2. The molecule has 0 aliphatic heterocycles. The Kier molecular flexibility index (Phi) is 4.48. The molecule has 0 atom stereocenters. The van der Waals surface area contributed by atoms with E-state index in [1.54, 1.807) is 20.1 Å². The number of Topliss-reactive ketones (excluding diaryl/α,β-unsaturated/α-hetero) is 1. The molecular weight excluding hydrogens is 256 g/mol. The lowest BCUT2D eigenvalue weighted by molar-refractivity contribution is -0.137. The molecule has 2 aromatic rings. The Labute approximate surface area is 117 Å². The molecule has 0 fully saturated rings. The summed E-state index contributed by atoms with van der Waals surface area (Å²) < 4.78 is 9.91. The van der Waals surface area contributed by atoms with E-state index in [-0.39, 0.29) is 13.2 Å². The molecule has 4 heteroatoms. The van der Waals surface area contributed by atoms with Gasteiger partial charge in [0.15, 0.2) is 0 Å². The van der Waals surface area contributed by atoms with Crippen LogP contribution in [0.1, 0.15) is 22.8 Å². The molecule has 0 aliphatic carbocycles. The molecule has 0 bridgehead atoms. The van der Waals surface area contributed by atoms with Gasteiger partial charge in [-0.1, -0.05) is 36.4 Å². The first-order valence-corrected chi connectivity index (χ1v) is 6.40. The van der Waals surface area contributed by atoms with E-state index in [9.17, 15) is 9.59 Å². The normalized spacial score (nSPS) is 10.5. The van der Waals surface area contributed by atoms with Gasteiger partial charge in [0.2, 0.25) is 0 Å². The third kappa shape index (κ3) is 2.70. The summed E-state index contributed by atoms with van der Waals surface area (Å²) in [4.78, 5) is 24.0. The maximum absolute atomic E-state index is 12.3. The van der Waals surface area contributed by atoms with Crippen molar-refractivity contribution in [3.63, 3.8) is 0 Å². The molecule has 20 heavy (non-hydrogen) atoms. The van der Waals surface area contributed by atoms with Crippen molar-refractivity contribution in [3.8, 4) is 0 Å². The zero-order chi connectivity index (χ0) is 14.5.